The van der Waals surface area contributed by atoms with E-state index in [0.29, 0.717) is 18.8 Å². The van der Waals surface area contributed by atoms with Crippen LogP contribution in [0.15, 0.2) is 53.4 Å². The lowest BCUT2D eigenvalue weighted by atomic mass is 10.1. The van der Waals surface area contributed by atoms with E-state index in [9.17, 15) is 13.2 Å². The summed E-state index contributed by atoms with van der Waals surface area (Å²) < 4.78 is 27.7. The van der Waals surface area contributed by atoms with Crippen LogP contribution in [0.25, 0.3) is 0 Å². The molecule has 0 aliphatic carbocycles. The van der Waals surface area contributed by atoms with Crippen molar-refractivity contribution in [2.75, 3.05) is 36.4 Å². The Morgan fingerprint density at radius 1 is 0.767 bits per heavy atom. The summed E-state index contributed by atoms with van der Waals surface area (Å²) in [5.74, 6) is -0.406. The Morgan fingerprint density at radius 3 is 2.03 bits per heavy atom. The molecule has 1 amide bonds. The molecule has 2 aliphatic heterocycles. The van der Waals surface area contributed by atoms with Crippen LogP contribution >= 0.6 is 0 Å². The Bertz CT molecular complexity index is 977. The number of sulfonamides is 1. The molecule has 0 aromatic heterocycles. The molecule has 0 atom stereocenters. The maximum absolute atomic E-state index is 13.1. The van der Waals surface area contributed by atoms with E-state index in [1.54, 1.807) is 18.2 Å². The van der Waals surface area contributed by atoms with Crippen molar-refractivity contribution >= 4 is 27.3 Å². The van der Waals surface area contributed by atoms with Crippen LogP contribution in [0.5, 0.6) is 0 Å². The molecule has 0 radical (unpaired) electrons. The third-order valence-corrected chi connectivity index (χ3v) is 7.87. The molecule has 2 aliphatic rings. The van der Waals surface area contributed by atoms with Crippen LogP contribution in [0.3, 0.4) is 0 Å². The summed E-state index contributed by atoms with van der Waals surface area (Å²) in [5, 5.41) is 2.86. The Hall–Kier alpha value is -2.38. The van der Waals surface area contributed by atoms with Gasteiger partial charge in [-0.15, -0.1) is 0 Å². The zero-order valence-electron chi connectivity index (χ0n) is 17.2. The van der Waals surface area contributed by atoms with Gasteiger partial charge in [-0.25, -0.2) is 8.42 Å². The van der Waals surface area contributed by atoms with Gasteiger partial charge in [-0.05, 0) is 68.5 Å². The van der Waals surface area contributed by atoms with Crippen molar-refractivity contribution in [2.24, 2.45) is 0 Å². The monoisotopic (exact) mass is 427 g/mol. The highest BCUT2D eigenvalue weighted by Gasteiger charge is 2.29. The largest absolute Gasteiger partial charge is 0.372 e. The molecule has 2 fully saturated rings. The molecule has 6 nitrogen and oxygen atoms in total. The van der Waals surface area contributed by atoms with E-state index in [1.165, 1.54) is 29.6 Å². The number of nitrogens with one attached hydrogen (secondary N) is 1. The number of rotatable bonds is 5. The normalized spacial score (nSPS) is 18.2. The molecule has 2 aromatic rings. The smallest absolute Gasteiger partial charge is 0.257 e. The zero-order valence-corrected chi connectivity index (χ0v) is 18.0. The first kappa shape index (κ1) is 20.9. The minimum Gasteiger partial charge on any atom is -0.372 e. The molecule has 0 bridgehead atoms. The highest BCUT2D eigenvalue weighted by atomic mass is 32.2. The van der Waals surface area contributed by atoms with Crippen molar-refractivity contribution in [3.8, 4) is 0 Å². The van der Waals surface area contributed by atoms with Gasteiger partial charge in [0.05, 0.1) is 10.5 Å². The molecular weight excluding hydrogens is 398 g/mol. The van der Waals surface area contributed by atoms with Gasteiger partial charge in [0.15, 0.2) is 0 Å². The maximum Gasteiger partial charge on any atom is 0.257 e. The predicted octanol–water partition coefficient (Wildman–Crippen LogP) is 4.10. The van der Waals surface area contributed by atoms with E-state index < -0.39 is 15.9 Å². The van der Waals surface area contributed by atoms with Crippen LogP contribution < -0.4 is 10.2 Å². The van der Waals surface area contributed by atoms with Crippen LogP contribution in [0.4, 0.5) is 11.4 Å². The van der Waals surface area contributed by atoms with E-state index in [1.807, 2.05) is 24.3 Å². The highest BCUT2D eigenvalue weighted by molar-refractivity contribution is 7.89. The SMILES string of the molecule is O=C(Nc1ccc(N2CCCCC2)cc1)c1ccccc1S(=O)(=O)N1CCCCC1. The van der Waals surface area contributed by atoms with Crippen LogP contribution in [0.1, 0.15) is 48.9 Å². The number of amides is 1. The molecule has 0 saturated carbocycles. The Balaban J connectivity index is 1.51. The van der Waals surface area contributed by atoms with Gasteiger partial charge in [-0.3, -0.25) is 4.79 Å². The highest BCUT2D eigenvalue weighted by Crippen LogP contribution is 2.25. The van der Waals surface area contributed by atoms with Crippen molar-refractivity contribution < 1.29 is 13.2 Å². The van der Waals surface area contributed by atoms with Crippen molar-refractivity contribution in [2.45, 2.75) is 43.4 Å². The molecule has 30 heavy (non-hydrogen) atoms. The first-order chi connectivity index (χ1) is 14.6. The van der Waals surface area contributed by atoms with E-state index >= 15 is 0 Å². The van der Waals surface area contributed by atoms with Gasteiger partial charge in [0.2, 0.25) is 10.0 Å². The third kappa shape index (κ3) is 4.52. The molecule has 2 aromatic carbocycles. The second-order valence-corrected chi connectivity index (χ2v) is 9.92. The Morgan fingerprint density at radius 2 is 1.37 bits per heavy atom. The van der Waals surface area contributed by atoms with Gasteiger partial charge in [0.25, 0.3) is 5.91 Å². The maximum atomic E-state index is 13.1. The quantitative estimate of drug-likeness (QED) is 0.780. The fraction of sp³-hybridized carbons (Fsp3) is 0.435. The summed E-state index contributed by atoms with van der Waals surface area (Å²) in [6.07, 6.45) is 6.46. The summed E-state index contributed by atoms with van der Waals surface area (Å²) in [4.78, 5) is 15.4. The summed E-state index contributed by atoms with van der Waals surface area (Å²) in [6, 6.07) is 14.2. The Labute approximate surface area is 178 Å². The van der Waals surface area contributed by atoms with Gasteiger partial charge < -0.3 is 10.2 Å². The summed E-state index contributed by atoms with van der Waals surface area (Å²) >= 11 is 0. The summed E-state index contributed by atoms with van der Waals surface area (Å²) in [7, 11) is -3.69. The van der Waals surface area contributed by atoms with E-state index in [4.69, 9.17) is 0 Å². The average Bonchev–Trinajstić information content (AvgIpc) is 2.81. The number of nitrogens with zero attached hydrogens (tertiary/aromatic N) is 2. The minimum atomic E-state index is -3.69. The zero-order chi connectivity index (χ0) is 21.0. The number of piperidine rings is 2. The standard InChI is InChI=1S/C23H29N3O3S/c27-23(24-19-11-13-20(14-12-19)25-15-5-1-6-16-25)21-9-3-4-10-22(21)30(28,29)26-17-7-2-8-18-26/h3-4,9-14H,1-2,5-8,15-18H2,(H,24,27). The van der Waals surface area contributed by atoms with Crippen LogP contribution in [-0.2, 0) is 10.0 Å². The van der Waals surface area contributed by atoms with E-state index in [0.717, 1.165) is 38.0 Å². The number of anilines is 2. The first-order valence-electron chi connectivity index (χ1n) is 10.8. The molecule has 0 unspecified atom stereocenters. The summed E-state index contributed by atoms with van der Waals surface area (Å²) in [6.45, 7) is 3.15. The molecule has 4 rings (SSSR count). The predicted molar refractivity (Wildman–Crippen MR) is 120 cm³/mol. The van der Waals surface area contributed by atoms with Gasteiger partial charge in [-0.1, -0.05) is 18.6 Å². The van der Waals surface area contributed by atoms with E-state index in [-0.39, 0.29) is 10.5 Å². The summed E-state index contributed by atoms with van der Waals surface area (Å²) in [5.41, 5.74) is 2.00. The lowest BCUT2D eigenvalue weighted by Crippen LogP contribution is -2.36. The fourth-order valence-corrected chi connectivity index (χ4v) is 5.94. The number of benzene rings is 2. The number of hydrogen-bond acceptors (Lipinski definition) is 4. The second-order valence-electron chi connectivity index (χ2n) is 8.01. The molecule has 7 heteroatoms. The van der Waals surface area contributed by atoms with Crippen molar-refractivity contribution in [1.82, 2.24) is 4.31 Å². The fourth-order valence-electron chi connectivity index (χ4n) is 4.23. The molecule has 0 spiro atoms. The minimum absolute atomic E-state index is 0.0781. The Kier molecular flexibility index (Phi) is 6.39. The topological polar surface area (TPSA) is 69.7 Å². The van der Waals surface area contributed by atoms with Gasteiger partial charge >= 0.3 is 0 Å². The van der Waals surface area contributed by atoms with Crippen LogP contribution in [-0.4, -0.2) is 44.8 Å². The molecule has 160 valence electrons. The molecule has 1 N–H and O–H groups in total. The van der Waals surface area contributed by atoms with Gasteiger partial charge in [-0.2, -0.15) is 4.31 Å². The van der Waals surface area contributed by atoms with E-state index in [2.05, 4.69) is 10.2 Å². The third-order valence-electron chi connectivity index (χ3n) is 5.91. The molecular formula is C23H29N3O3S. The molecule has 2 saturated heterocycles. The number of carbonyl (C=O) groups excluding carboxylic acids is 1. The van der Waals surface area contributed by atoms with Gasteiger partial charge in [0, 0.05) is 37.6 Å². The van der Waals surface area contributed by atoms with Crippen LogP contribution in [0.2, 0.25) is 0 Å². The second kappa shape index (κ2) is 9.18. The average molecular weight is 428 g/mol. The molecule has 2 heterocycles. The number of carbonyl (C=O) groups is 1. The first-order valence-corrected chi connectivity index (χ1v) is 12.3. The van der Waals surface area contributed by atoms with Gasteiger partial charge in [0.1, 0.15) is 0 Å². The van der Waals surface area contributed by atoms with Crippen molar-refractivity contribution in [3.05, 3.63) is 54.1 Å². The van der Waals surface area contributed by atoms with Crippen LogP contribution in [0, 0.1) is 0 Å². The lowest BCUT2D eigenvalue weighted by molar-refractivity contribution is 0.102. The van der Waals surface area contributed by atoms with Crippen molar-refractivity contribution in [3.63, 3.8) is 0 Å². The lowest BCUT2D eigenvalue weighted by Gasteiger charge is -2.28. The number of hydrogen-bond donors (Lipinski definition) is 1. The van der Waals surface area contributed by atoms with Crippen molar-refractivity contribution in [1.29, 1.82) is 0 Å².